The third kappa shape index (κ3) is 3.31. The zero-order chi connectivity index (χ0) is 21.2. The number of amides is 1. The van der Waals surface area contributed by atoms with Crippen LogP contribution in [0, 0.1) is 24.7 Å². The molecular formula is C25H30ClN3O2. The van der Waals surface area contributed by atoms with Crippen molar-refractivity contribution in [3.8, 4) is 0 Å². The number of carbonyl (C=O) groups excluding carboxylic acids is 1. The van der Waals surface area contributed by atoms with Crippen molar-refractivity contribution in [1.29, 1.82) is 0 Å². The molecule has 1 aromatic carbocycles. The summed E-state index contributed by atoms with van der Waals surface area (Å²) in [6, 6.07) is 5.54. The van der Waals surface area contributed by atoms with Gasteiger partial charge in [-0.1, -0.05) is 22.8 Å². The predicted molar refractivity (Wildman–Crippen MR) is 118 cm³/mol. The van der Waals surface area contributed by atoms with Gasteiger partial charge in [0, 0.05) is 29.1 Å². The Kier molecular flexibility index (Phi) is 4.68. The molecule has 1 amide bonds. The number of aromatic nitrogens is 2. The van der Waals surface area contributed by atoms with Crippen molar-refractivity contribution in [2.45, 2.75) is 69.6 Å². The molecule has 1 aliphatic heterocycles. The highest BCUT2D eigenvalue weighted by molar-refractivity contribution is 6.31. The minimum Gasteiger partial charge on any atom is -0.339 e. The second kappa shape index (κ2) is 7.33. The number of halogens is 1. The summed E-state index contributed by atoms with van der Waals surface area (Å²) in [6.45, 7) is 3.30. The van der Waals surface area contributed by atoms with Gasteiger partial charge in [0.25, 0.3) is 5.91 Å². The van der Waals surface area contributed by atoms with Gasteiger partial charge in [0.05, 0.1) is 5.92 Å². The van der Waals surface area contributed by atoms with Crippen molar-refractivity contribution in [1.82, 2.24) is 15.0 Å². The topological polar surface area (TPSA) is 59.2 Å². The molecule has 2 aromatic rings. The Morgan fingerprint density at radius 3 is 2.58 bits per heavy atom. The molecule has 1 aromatic heterocycles. The van der Waals surface area contributed by atoms with Gasteiger partial charge in [-0.15, -0.1) is 0 Å². The van der Waals surface area contributed by atoms with E-state index in [1.54, 1.807) is 0 Å². The first-order valence-electron chi connectivity index (χ1n) is 11.9. The Labute approximate surface area is 188 Å². The van der Waals surface area contributed by atoms with Crippen LogP contribution in [0.1, 0.15) is 84.9 Å². The molecule has 0 unspecified atom stereocenters. The molecule has 0 spiro atoms. The summed E-state index contributed by atoms with van der Waals surface area (Å²) >= 11 is 6.25. The Morgan fingerprint density at radius 1 is 1.16 bits per heavy atom. The Balaban J connectivity index is 1.21. The van der Waals surface area contributed by atoms with Crippen molar-refractivity contribution in [3.63, 3.8) is 0 Å². The van der Waals surface area contributed by atoms with Gasteiger partial charge in [-0.05, 0) is 93.7 Å². The lowest BCUT2D eigenvalue weighted by molar-refractivity contribution is -0.0103. The number of rotatable bonds is 3. The third-order valence-electron chi connectivity index (χ3n) is 8.51. The molecule has 31 heavy (non-hydrogen) atoms. The standard InChI is InChI=1S/C25H30ClN3O2/c1-15-20(5-2-6-21(15)26)23(30)29-7-3-4-19(14-29)22-27-24(28-31-22)25-11-16-8-17(12-25)10-18(9-16)13-25/h2,5-6,16-19H,3-4,7-14H2,1H3/t16?,17?,18?,19-,25?/m0/s1. The summed E-state index contributed by atoms with van der Waals surface area (Å²) in [7, 11) is 0. The molecule has 4 bridgehead atoms. The lowest BCUT2D eigenvalue weighted by atomic mass is 9.49. The predicted octanol–water partition coefficient (Wildman–Crippen LogP) is 5.52. The van der Waals surface area contributed by atoms with Crippen LogP contribution in [-0.2, 0) is 5.41 Å². The molecule has 4 aliphatic carbocycles. The van der Waals surface area contributed by atoms with Gasteiger partial charge in [0.2, 0.25) is 5.89 Å². The molecule has 0 N–H and O–H groups in total. The van der Waals surface area contributed by atoms with E-state index in [1.807, 2.05) is 30.0 Å². The first-order chi connectivity index (χ1) is 15.0. The molecule has 164 valence electrons. The van der Waals surface area contributed by atoms with E-state index in [-0.39, 0.29) is 17.2 Å². The van der Waals surface area contributed by atoms with Crippen LogP contribution in [0.3, 0.4) is 0 Å². The van der Waals surface area contributed by atoms with Crippen molar-refractivity contribution in [2.75, 3.05) is 13.1 Å². The lowest BCUT2D eigenvalue weighted by Gasteiger charge is -2.55. The Bertz CT molecular complexity index is 981. The fraction of sp³-hybridized carbons (Fsp3) is 0.640. The van der Waals surface area contributed by atoms with Gasteiger partial charge in [0.1, 0.15) is 0 Å². The minimum atomic E-state index is 0.0468. The molecule has 5 fully saturated rings. The van der Waals surface area contributed by atoms with E-state index in [9.17, 15) is 4.79 Å². The Hall–Kier alpha value is -1.88. The van der Waals surface area contributed by atoms with Gasteiger partial charge in [-0.3, -0.25) is 4.79 Å². The fourth-order valence-corrected chi connectivity index (χ4v) is 7.55. The van der Waals surface area contributed by atoms with Crippen LogP contribution in [0.2, 0.25) is 5.02 Å². The molecule has 1 atom stereocenters. The van der Waals surface area contributed by atoms with Gasteiger partial charge in [-0.25, -0.2) is 0 Å². The van der Waals surface area contributed by atoms with E-state index >= 15 is 0 Å². The quantitative estimate of drug-likeness (QED) is 0.631. The van der Waals surface area contributed by atoms with E-state index in [1.165, 1.54) is 38.5 Å². The summed E-state index contributed by atoms with van der Waals surface area (Å²) in [5.41, 5.74) is 1.68. The summed E-state index contributed by atoms with van der Waals surface area (Å²) in [5, 5.41) is 5.16. The number of hydrogen-bond donors (Lipinski definition) is 0. The number of benzene rings is 1. The third-order valence-corrected chi connectivity index (χ3v) is 8.92. The summed E-state index contributed by atoms with van der Waals surface area (Å²) in [6.07, 6.45) is 9.88. The minimum absolute atomic E-state index is 0.0468. The average Bonchev–Trinajstić information content (AvgIpc) is 3.26. The van der Waals surface area contributed by atoms with Crippen molar-refractivity contribution in [3.05, 3.63) is 46.1 Å². The SMILES string of the molecule is Cc1c(Cl)cccc1C(=O)N1CCC[C@H](c2nc(C34CC5CC(CC(C5)C3)C4)no2)C1. The van der Waals surface area contributed by atoms with Crippen LogP contribution < -0.4 is 0 Å². The summed E-state index contributed by atoms with van der Waals surface area (Å²) < 4.78 is 5.85. The number of hydrogen-bond acceptors (Lipinski definition) is 4. The average molecular weight is 440 g/mol. The first kappa shape index (κ1) is 19.8. The van der Waals surface area contributed by atoms with Gasteiger partial charge < -0.3 is 9.42 Å². The lowest BCUT2D eigenvalue weighted by Crippen LogP contribution is -2.49. The molecule has 1 saturated heterocycles. The smallest absolute Gasteiger partial charge is 0.254 e. The summed E-state index contributed by atoms with van der Waals surface area (Å²) in [4.78, 5) is 20.1. The first-order valence-corrected chi connectivity index (χ1v) is 12.3. The number of piperidine rings is 1. The number of nitrogens with zero attached hydrogens (tertiary/aromatic N) is 3. The van der Waals surface area contributed by atoms with E-state index < -0.39 is 0 Å². The zero-order valence-corrected chi connectivity index (χ0v) is 18.9. The van der Waals surface area contributed by atoms with Crippen molar-refractivity contribution >= 4 is 17.5 Å². The van der Waals surface area contributed by atoms with Crippen molar-refractivity contribution < 1.29 is 9.32 Å². The second-order valence-electron chi connectivity index (χ2n) is 10.7. The largest absolute Gasteiger partial charge is 0.339 e. The van der Waals surface area contributed by atoms with Crippen LogP contribution in [0.4, 0.5) is 0 Å². The monoisotopic (exact) mass is 439 g/mol. The normalized spacial score (nSPS) is 34.3. The summed E-state index contributed by atoms with van der Waals surface area (Å²) in [5.74, 6) is 4.42. The van der Waals surface area contributed by atoms with Gasteiger partial charge in [0.15, 0.2) is 5.82 Å². The fourth-order valence-electron chi connectivity index (χ4n) is 7.37. The van der Waals surface area contributed by atoms with Gasteiger partial charge in [-0.2, -0.15) is 4.98 Å². The molecule has 5 nitrogen and oxygen atoms in total. The van der Waals surface area contributed by atoms with E-state index in [0.29, 0.717) is 17.1 Å². The highest BCUT2D eigenvalue weighted by atomic mass is 35.5. The van der Waals surface area contributed by atoms with Crippen LogP contribution in [0.25, 0.3) is 0 Å². The second-order valence-corrected chi connectivity index (χ2v) is 11.1. The van der Waals surface area contributed by atoms with Crippen molar-refractivity contribution in [2.24, 2.45) is 17.8 Å². The van der Waals surface area contributed by atoms with Crippen LogP contribution in [0.15, 0.2) is 22.7 Å². The van der Waals surface area contributed by atoms with E-state index in [2.05, 4.69) is 5.16 Å². The molecule has 5 aliphatic rings. The maximum absolute atomic E-state index is 13.2. The highest BCUT2D eigenvalue weighted by Gasteiger charge is 2.54. The van der Waals surface area contributed by atoms with E-state index in [4.69, 9.17) is 21.1 Å². The maximum Gasteiger partial charge on any atom is 0.254 e. The molecule has 2 heterocycles. The number of likely N-dealkylation sites (tertiary alicyclic amines) is 1. The number of carbonyl (C=O) groups is 1. The molecule has 4 saturated carbocycles. The molecule has 0 radical (unpaired) electrons. The zero-order valence-electron chi connectivity index (χ0n) is 18.1. The molecule has 6 heteroatoms. The molecular weight excluding hydrogens is 410 g/mol. The van der Waals surface area contributed by atoms with Crippen LogP contribution in [0.5, 0.6) is 0 Å². The van der Waals surface area contributed by atoms with Crippen LogP contribution in [-0.4, -0.2) is 34.0 Å². The Morgan fingerprint density at radius 2 is 1.87 bits per heavy atom. The maximum atomic E-state index is 13.2. The molecule has 7 rings (SSSR count). The van der Waals surface area contributed by atoms with Gasteiger partial charge >= 0.3 is 0 Å². The van der Waals surface area contributed by atoms with Crippen LogP contribution >= 0.6 is 11.6 Å². The van der Waals surface area contributed by atoms with E-state index in [0.717, 1.165) is 54.4 Å². The highest BCUT2D eigenvalue weighted by Crippen LogP contribution is 2.60.